The molecule has 2 rings (SSSR count). The third kappa shape index (κ3) is 4.42. The Balaban J connectivity index is 1.67. The summed E-state index contributed by atoms with van der Waals surface area (Å²) in [5, 5.41) is 3.39. The van der Waals surface area contributed by atoms with Crippen molar-refractivity contribution in [3.63, 3.8) is 0 Å². The quantitative estimate of drug-likeness (QED) is 0.798. The van der Waals surface area contributed by atoms with Crippen molar-refractivity contribution in [2.24, 2.45) is 0 Å². The average molecular weight is 255 g/mol. The third-order valence-corrected chi connectivity index (χ3v) is 3.08. The van der Waals surface area contributed by atoms with Gasteiger partial charge in [-0.05, 0) is 31.0 Å². The van der Waals surface area contributed by atoms with Gasteiger partial charge in [0.25, 0.3) is 0 Å². The summed E-state index contributed by atoms with van der Waals surface area (Å²) in [6, 6.07) is 16.7. The number of aryl methyl sites for hydroxylation is 2. The molecule has 0 unspecified atom stereocenters. The van der Waals surface area contributed by atoms with Crippen molar-refractivity contribution >= 4 is 0 Å². The molecule has 0 radical (unpaired) electrons. The van der Waals surface area contributed by atoms with E-state index in [0.29, 0.717) is 6.61 Å². The van der Waals surface area contributed by atoms with Gasteiger partial charge in [0, 0.05) is 13.1 Å². The minimum Gasteiger partial charge on any atom is -0.492 e. The van der Waals surface area contributed by atoms with E-state index in [9.17, 15) is 0 Å². The summed E-state index contributed by atoms with van der Waals surface area (Å²) < 4.78 is 5.73. The topological polar surface area (TPSA) is 21.3 Å². The van der Waals surface area contributed by atoms with Gasteiger partial charge in [-0.1, -0.05) is 48.0 Å². The van der Waals surface area contributed by atoms with Crippen LogP contribution in [0.1, 0.15) is 16.7 Å². The van der Waals surface area contributed by atoms with Gasteiger partial charge >= 0.3 is 0 Å². The fourth-order valence-corrected chi connectivity index (χ4v) is 1.89. The smallest absolute Gasteiger partial charge is 0.122 e. The van der Waals surface area contributed by atoms with Crippen molar-refractivity contribution in [1.29, 1.82) is 0 Å². The predicted octanol–water partition coefficient (Wildman–Crippen LogP) is 3.47. The van der Waals surface area contributed by atoms with Crippen LogP contribution in [0.2, 0.25) is 0 Å². The van der Waals surface area contributed by atoms with Crippen LogP contribution in [-0.2, 0) is 6.54 Å². The van der Waals surface area contributed by atoms with Crippen LogP contribution in [0.15, 0.2) is 48.5 Å². The molecular weight excluding hydrogens is 234 g/mol. The van der Waals surface area contributed by atoms with Crippen LogP contribution in [-0.4, -0.2) is 13.2 Å². The van der Waals surface area contributed by atoms with Gasteiger partial charge in [0.2, 0.25) is 0 Å². The zero-order valence-electron chi connectivity index (χ0n) is 11.6. The number of benzene rings is 2. The first kappa shape index (κ1) is 13.6. The lowest BCUT2D eigenvalue weighted by Gasteiger charge is -2.09. The van der Waals surface area contributed by atoms with Crippen LogP contribution in [0.5, 0.6) is 5.75 Å². The summed E-state index contributed by atoms with van der Waals surface area (Å²) in [6.07, 6.45) is 0. The maximum absolute atomic E-state index is 5.73. The molecule has 0 aliphatic heterocycles. The lowest BCUT2D eigenvalue weighted by atomic mass is 10.1. The van der Waals surface area contributed by atoms with Crippen molar-refractivity contribution in [3.8, 4) is 5.75 Å². The van der Waals surface area contributed by atoms with E-state index in [-0.39, 0.29) is 0 Å². The SMILES string of the molecule is Cc1ccc(CNCCOc2ccccc2C)cc1. The Morgan fingerprint density at radius 2 is 1.68 bits per heavy atom. The highest BCUT2D eigenvalue weighted by molar-refractivity contribution is 5.31. The predicted molar refractivity (Wildman–Crippen MR) is 79.6 cm³/mol. The van der Waals surface area contributed by atoms with E-state index in [0.717, 1.165) is 18.8 Å². The molecule has 0 aliphatic rings. The minimum absolute atomic E-state index is 0.691. The summed E-state index contributed by atoms with van der Waals surface area (Å²) in [5.41, 5.74) is 3.79. The second-order valence-corrected chi connectivity index (χ2v) is 4.78. The number of para-hydroxylation sites is 1. The van der Waals surface area contributed by atoms with E-state index in [4.69, 9.17) is 4.74 Å². The summed E-state index contributed by atoms with van der Waals surface area (Å²) in [6.45, 7) is 6.60. The van der Waals surface area contributed by atoms with E-state index >= 15 is 0 Å². The van der Waals surface area contributed by atoms with Crippen LogP contribution in [0.4, 0.5) is 0 Å². The largest absolute Gasteiger partial charge is 0.492 e. The van der Waals surface area contributed by atoms with E-state index in [2.05, 4.69) is 49.5 Å². The van der Waals surface area contributed by atoms with Crippen LogP contribution in [0.25, 0.3) is 0 Å². The van der Waals surface area contributed by atoms with Crippen molar-refractivity contribution in [1.82, 2.24) is 5.32 Å². The van der Waals surface area contributed by atoms with Crippen LogP contribution >= 0.6 is 0 Å². The summed E-state index contributed by atoms with van der Waals surface area (Å²) in [7, 11) is 0. The van der Waals surface area contributed by atoms with E-state index in [1.54, 1.807) is 0 Å². The molecule has 0 spiro atoms. The Hall–Kier alpha value is -1.80. The minimum atomic E-state index is 0.691. The molecule has 2 nitrogen and oxygen atoms in total. The maximum Gasteiger partial charge on any atom is 0.122 e. The molecule has 2 heteroatoms. The number of rotatable bonds is 6. The van der Waals surface area contributed by atoms with Gasteiger partial charge in [0.1, 0.15) is 12.4 Å². The third-order valence-electron chi connectivity index (χ3n) is 3.08. The molecule has 0 saturated heterocycles. The van der Waals surface area contributed by atoms with Gasteiger partial charge in [-0.15, -0.1) is 0 Å². The molecule has 100 valence electrons. The van der Waals surface area contributed by atoms with Gasteiger partial charge in [0.05, 0.1) is 0 Å². The van der Waals surface area contributed by atoms with Crippen molar-refractivity contribution in [3.05, 3.63) is 65.2 Å². The van der Waals surface area contributed by atoms with Crippen LogP contribution in [0, 0.1) is 13.8 Å². The molecule has 2 aromatic carbocycles. The average Bonchev–Trinajstić information content (AvgIpc) is 2.42. The van der Waals surface area contributed by atoms with Crippen LogP contribution in [0.3, 0.4) is 0 Å². The first-order chi connectivity index (χ1) is 9.25. The molecular formula is C17H21NO. The summed E-state index contributed by atoms with van der Waals surface area (Å²) in [5.74, 6) is 0.972. The Morgan fingerprint density at radius 1 is 0.947 bits per heavy atom. The standard InChI is InChI=1S/C17H21NO/c1-14-7-9-16(10-8-14)13-18-11-12-19-17-6-4-3-5-15(17)2/h3-10,18H,11-13H2,1-2H3. The zero-order valence-corrected chi connectivity index (χ0v) is 11.6. The summed E-state index contributed by atoms with van der Waals surface area (Å²) >= 11 is 0. The molecule has 1 N–H and O–H groups in total. The molecule has 0 atom stereocenters. The molecule has 0 fully saturated rings. The molecule has 0 aliphatic carbocycles. The lowest BCUT2D eigenvalue weighted by Crippen LogP contribution is -2.20. The van der Waals surface area contributed by atoms with Gasteiger partial charge < -0.3 is 10.1 Å². The number of nitrogens with one attached hydrogen (secondary N) is 1. The Kier molecular flexibility index (Phi) is 4.99. The first-order valence-corrected chi connectivity index (χ1v) is 6.70. The zero-order chi connectivity index (χ0) is 13.5. The van der Waals surface area contributed by atoms with Crippen molar-refractivity contribution < 1.29 is 4.74 Å². The Morgan fingerprint density at radius 3 is 2.42 bits per heavy atom. The lowest BCUT2D eigenvalue weighted by molar-refractivity contribution is 0.311. The second-order valence-electron chi connectivity index (χ2n) is 4.78. The van der Waals surface area contributed by atoms with E-state index in [1.807, 2.05) is 18.2 Å². The monoisotopic (exact) mass is 255 g/mol. The molecule has 0 bridgehead atoms. The van der Waals surface area contributed by atoms with Gasteiger partial charge in [-0.25, -0.2) is 0 Å². The fraction of sp³-hybridized carbons (Fsp3) is 0.294. The highest BCUT2D eigenvalue weighted by Gasteiger charge is 1.97. The molecule has 19 heavy (non-hydrogen) atoms. The molecule has 0 heterocycles. The summed E-state index contributed by atoms with van der Waals surface area (Å²) in [4.78, 5) is 0. The Bertz CT molecular complexity index is 505. The van der Waals surface area contributed by atoms with Gasteiger partial charge in [0.15, 0.2) is 0 Å². The molecule has 0 aromatic heterocycles. The van der Waals surface area contributed by atoms with Gasteiger partial charge in [-0.3, -0.25) is 0 Å². The number of hydrogen-bond donors (Lipinski definition) is 1. The van der Waals surface area contributed by atoms with Crippen molar-refractivity contribution in [2.75, 3.05) is 13.2 Å². The molecule has 0 amide bonds. The number of hydrogen-bond acceptors (Lipinski definition) is 2. The highest BCUT2D eigenvalue weighted by Crippen LogP contribution is 2.15. The molecule has 2 aromatic rings. The number of ether oxygens (including phenoxy) is 1. The second kappa shape index (κ2) is 6.95. The van der Waals surface area contributed by atoms with E-state index < -0.39 is 0 Å². The van der Waals surface area contributed by atoms with Gasteiger partial charge in [-0.2, -0.15) is 0 Å². The van der Waals surface area contributed by atoms with E-state index in [1.165, 1.54) is 16.7 Å². The normalized spacial score (nSPS) is 10.4. The van der Waals surface area contributed by atoms with Crippen LogP contribution < -0.4 is 10.1 Å². The first-order valence-electron chi connectivity index (χ1n) is 6.70. The Labute approximate surface area is 115 Å². The fourth-order valence-electron chi connectivity index (χ4n) is 1.89. The highest BCUT2D eigenvalue weighted by atomic mass is 16.5. The van der Waals surface area contributed by atoms with Crippen molar-refractivity contribution in [2.45, 2.75) is 20.4 Å². The maximum atomic E-state index is 5.73. The molecule has 0 saturated carbocycles.